The number of aryl methyl sites for hydroxylation is 2. The molecule has 1 saturated heterocycles. The first-order valence-corrected chi connectivity index (χ1v) is 8.95. The molecule has 0 bridgehead atoms. The minimum absolute atomic E-state index is 0.0248. The van der Waals surface area contributed by atoms with Crippen molar-refractivity contribution in [3.63, 3.8) is 0 Å². The summed E-state index contributed by atoms with van der Waals surface area (Å²) in [4.78, 5) is 19.3. The first kappa shape index (κ1) is 17.0. The van der Waals surface area contributed by atoms with Crippen LogP contribution in [0.15, 0.2) is 41.3 Å². The first-order chi connectivity index (χ1) is 12.5. The van der Waals surface area contributed by atoms with Crippen LogP contribution in [0.1, 0.15) is 5.56 Å². The van der Waals surface area contributed by atoms with Gasteiger partial charge in [-0.05, 0) is 32.2 Å². The zero-order valence-corrected chi connectivity index (χ0v) is 15.5. The Kier molecular flexibility index (Phi) is 4.38. The largest absolute Gasteiger partial charge is 0.378 e. The van der Waals surface area contributed by atoms with Crippen LogP contribution in [0, 0.1) is 6.92 Å². The molecule has 2 aromatic heterocycles. The molecule has 1 fully saturated rings. The molecule has 3 aromatic rings. The average molecular weight is 352 g/mol. The smallest absolute Gasteiger partial charge is 0.253 e. The number of nitrogens with zero attached hydrogens (tertiary/aromatic N) is 4. The molecule has 0 spiro atoms. The Balaban J connectivity index is 1.85. The lowest BCUT2D eigenvalue weighted by atomic mass is 10.2. The van der Waals surface area contributed by atoms with Gasteiger partial charge in [-0.2, -0.15) is 0 Å². The molecule has 136 valence electrons. The minimum atomic E-state index is 0.0248. The van der Waals surface area contributed by atoms with Crippen molar-refractivity contribution in [1.29, 1.82) is 0 Å². The SMILES string of the molecule is Cc1cc(-c2nc3ccccc3n2CC2COCCN2C)cn(C)c1=O. The van der Waals surface area contributed by atoms with Gasteiger partial charge in [-0.3, -0.25) is 9.69 Å². The van der Waals surface area contributed by atoms with Crippen molar-refractivity contribution in [3.8, 4) is 11.4 Å². The lowest BCUT2D eigenvalue weighted by Crippen LogP contribution is -2.45. The molecule has 4 rings (SSSR count). The fourth-order valence-corrected chi connectivity index (χ4v) is 3.62. The molecule has 1 atom stereocenters. The molecule has 1 aliphatic rings. The van der Waals surface area contributed by atoms with Crippen LogP contribution in [0.25, 0.3) is 22.4 Å². The Bertz CT molecular complexity index is 978. The quantitative estimate of drug-likeness (QED) is 0.724. The maximum atomic E-state index is 12.1. The molecular formula is C20H24N4O2. The van der Waals surface area contributed by atoms with Gasteiger partial charge in [0.2, 0.25) is 0 Å². The molecule has 0 aliphatic carbocycles. The number of para-hydroxylation sites is 2. The van der Waals surface area contributed by atoms with Gasteiger partial charge in [0, 0.05) is 37.5 Å². The lowest BCUT2D eigenvalue weighted by Gasteiger charge is -2.33. The van der Waals surface area contributed by atoms with Gasteiger partial charge in [0.25, 0.3) is 5.56 Å². The standard InChI is InChI=1S/C20H24N4O2/c1-14-10-15(11-23(3)20(14)25)19-21-17-6-4-5-7-18(17)24(19)12-16-13-26-9-8-22(16)2/h4-7,10-11,16H,8-9,12-13H2,1-3H3. The molecule has 1 aliphatic heterocycles. The summed E-state index contributed by atoms with van der Waals surface area (Å²) in [5.41, 5.74) is 3.78. The second kappa shape index (κ2) is 6.70. The number of fused-ring (bicyclic) bond motifs is 1. The molecule has 0 amide bonds. The number of hydrogen-bond donors (Lipinski definition) is 0. The predicted molar refractivity (Wildman–Crippen MR) is 102 cm³/mol. The van der Waals surface area contributed by atoms with Crippen molar-refractivity contribution in [2.75, 3.05) is 26.8 Å². The highest BCUT2D eigenvalue weighted by Crippen LogP contribution is 2.26. The van der Waals surface area contributed by atoms with Crippen LogP contribution in [0.3, 0.4) is 0 Å². The summed E-state index contributed by atoms with van der Waals surface area (Å²) in [7, 11) is 3.93. The van der Waals surface area contributed by atoms with E-state index in [1.165, 1.54) is 0 Å². The first-order valence-electron chi connectivity index (χ1n) is 8.95. The highest BCUT2D eigenvalue weighted by molar-refractivity contribution is 5.80. The second-order valence-electron chi connectivity index (χ2n) is 7.07. The highest BCUT2D eigenvalue weighted by atomic mass is 16.5. The van der Waals surface area contributed by atoms with Crippen LogP contribution in [0.2, 0.25) is 0 Å². The summed E-state index contributed by atoms with van der Waals surface area (Å²) >= 11 is 0. The van der Waals surface area contributed by atoms with E-state index in [9.17, 15) is 4.79 Å². The van der Waals surface area contributed by atoms with Crippen molar-refractivity contribution in [1.82, 2.24) is 19.0 Å². The van der Waals surface area contributed by atoms with Crippen LogP contribution < -0.4 is 5.56 Å². The third-order valence-electron chi connectivity index (χ3n) is 5.19. The summed E-state index contributed by atoms with van der Waals surface area (Å²) in [6.45, 7) is 5.08. The van der Waals surface area contributed by atoms with E-state index < -0.39 is 0 Å². The number of aromatic nitrogens is 3. The normalized spacial score (nSPS) is 18.5. The zero-order chi connectivity index (χ0) is 18.3. The molecule has 26 heavy (non-hydrogen) atoms. The maximum Gasteiger partial charge on any atom is 0.253 e. The molecule has 0 saturated carbocycles. The zero-order valence-electron chi connectivity index (χ0n) is 15.5. The monoisotopic (exact) mass is 352 g/mol. The molecular weight excluding hydrogens is 328 g/mol. The van der Waals surface area contributed by atoms with Crippen LogP contribution in [0.5, 0.6) is 0 Å². The van der Waals surface area contributed by atoms with Crippen LogP contribution in [0.4, 0.5) is 0 Å². The molecule has 1 unspecified atom stereocenters. The van der Waals surface area contributed by atoms with Crippen molar-refractivity contribution in [2.45, 2.75) is 19.5 Å². The number of hydrogen-bond acceptors (Lipinski definition) is 4. The topological polar surface area (TPSA) is 52.3 Å². The summed E-state index contributed by atoms with van der Waals surface area (Å²) in [6.07, 6.45) is 1.87. The fraction of sp³-hybridized carbons (Fsp3) is 0.400. The van der Waals surface area contributed by atoms with Crippen molar-refractivity contribution in [3.05, 3.63) is 52.4 Å². The molecule has 6 nitrogen and oxygen atoms in total. The van der Waals surface area contributed by atoms with Gasteiger partial charge in [0.1, 0.15) is 5.82 Å². The fourth-order valence-electron chi connectivity index (χ4n) is 3.62. The number of benzene rings is 1. The van der Waals surface area contributed by atoms with Crippen LogP contribution in [-0.4, -0.2) is 51.9 Å². The number of likely N-dealkylation sites (N-methyl/N-ethyl adjacent to an activating group) is 1. The molecule has 0 N–H and O–H groups in total. The van der Waals surface area contributed by atoms with Gasteiger partial charge < -0.3 is 13.9 Å². The number of morpholine rings is 1. The van der Waals surface area contributed by atoms with E-state index in [0.29, 0.717) is 6.04 Å². The van der Waals surface area contributed by atoms with E-state index in [2.05, 4.69) is 22.6 Å². The van der Waals surface area contributed by atoms with E-state index in [1.807, 2.05) is 37.4 Å². The molecule has 3 heterocycles. The molecule has 0 radical (unpaired) electrons. The Morgan fingerprint density at radius 3 is 2.85 bits per heavy atom. The summed E-state index contributed by atoms with van der Waals surface area (Å²) in [6, 6.07) is 10.4. The van der Waals surface area contributed by atoms with E-state index in [-0.39, 0.29) is 5.56 Å². The van der Waals surface area contributed by atoms with Crippen molar-refractivity contribution < 1.29 is 4.74 Å². The molecule has 1 aromatic carbocycles. The Morgan fingerprint density at radius 1 is 1.27 bits per heavy atom. The number of pyridine rings is 1. The van der Waals surface area contributed by atoms with E-state index >= 15 is 0 Å². The second-order valence-corrected chi connectivity index (χ2v) is 7.07. The minimum Gasteiger partial charge on any atom is -0.378 e. The Morgan fingerprint density at radius 2 is 2.08 bits per heavy atom. The summed E-state index contributed by atoms with van der Waals surface area (Å²) < 4.78 is 9.58. The number of imidazole rings is 1. The van der Waals surface area contributed by atoms with Crippen molar-refractivity contribution >= 4 is 11.0 Å². The highest BCUT2D eigenvalue weighted by Gasteiger charge is 2.23. The van der Waals surface area contributed by atoms with Crippen LogP contribution >= 0.6 is 0 Å². The van der Waals surface area contributed by atoms with Gasteiger partial charge in [0.15, 0.2) is 0 Å². The van der Waals surface area contributed by atoms with Gasteiger partial charge in [0.05, 0.1) is 30.3 Å². The van der Waals surface area contributed by atoms with Crippen LogP contribution in [-0.2, 0) is 18.3 Å². The third-order valence-corrected chi connectivity index (χ3v) is 5.19. The maximum absolute atomic E-state index is 12.1. The summed E-state index contributed by atoms with van der Waals surface area (Å²) in [5.74, 6) is 0.892. The number of rotatable bonds is 3. The van der Waals surface area contributed by atoms with E-state index in [1.54, 1.807) is 11.6 Å². The molecule has 6 heteroatoms. The van der Waals surface area contributed by atoms with Crippen molar-refractivity contribution in [2.24, 2.45) is 7.05 Å². The number of ether oxygens (including phenoxy) is 1. The average Bonchev–Trinajstić information content (AvgIpc) is 3.00. The lowest BCUT2D eigenvalue weighted by molar-refractivity contribution is 0.000343. The van der Waals surface area contributed by atoms with E-state index in [0.717, 1.165) is 54.3 Å². The third kappa shape index (κ3) is 2.95. The predicted octanol–water partition coefficient (Wildman–Crippen LogP) is 2.04. The summed E-state index contributed by atoms with van der Waals surface area (Å²) in [5, 5.41) is 0. The van der Waals surface area contributed by atoms with Gasteiger partial charge in [-0.25, -0.2) is 4.98 Å². The Labute approximate surface area is 152 Å². The van der Waals surface area contributed by atoms with E-state index in [4.69, 9.17) is 9.72 Å². The van der Waals surface area contributed by atoms with Gasteiger partial charge in [-0.1, -0.05) is 12.1 Å². The van der Waals surface area contributed by atoms with Gasteiger partial charge in [-0.15, -0.1) is 0 Å². The Hall–Kier alpha value is -2.44. The van der Waals surface area contributed by atoms with Gasteiger partial charge >= 0.3 is 0 Å².